The van der Waals surface area contributed by atoms with Gasteiger partial charge in [0, 0.05) is 33.0 Å². The maximum Gasteiger partial charge on any atom is 0.195 e. The van der Waals surface area contributed by atoms with Crippen LogP contribution in [0.3, 0.4) is 0 Å². The van der Waals surface area contributed by atoms with E-state index >= 15 is 0 Å². The Labute approximate surface area is 329 Å². The molecule has 2 aliphatic carbocycles. The minimum atomic E-state index is 0.596. The van der Waals surface area contributed by atoms with Gasteiger partial charge in [0.05, 0.1) is 31.5 Å². The molecule has 264 valence electrons. The number of para-hydroxylation sites is 2. The van der Waals surface area contributed by atoms with Crippen molar-refractivity contribution >= 4 is 70.5 Å². The average Bonchev–Trinajstić information content (AvgIpc) is 3.54. The van der Waals surface area contributed by atoms with Crippen molar-refractivity contribution in [2.75, 3.05) is 0 Å². The van der Waals surface area contributed by atoms with Crippen molar-refractivity contribution < 1.29 is 0 Å². The van der Waals surface area contributed by atoms with Crippen LogP contribution in [0.1, 0.15) is 12.2 Å². The summed E-state index contributed by atoms with van der Waals surface area (Å²) in [5, 5.41) is 4.38. The highest BCUT2D eigenvalue weighted by molar-refractivity contribution is 7.21. The summed E-state index contributed by atoms with van der Waals surface area (Å²) in [4.78, 5) is 25.1. The fourth-order valence-corrected chi connectivity index (χ4v) is 9.93. The zero-order chi connectivity index (χ0) is 36.7. The highest BCUT2D eigenvalue weighted by Gasteiger charge is 2.35. The normalized spacial score (nSPS) is 16.2. The van der Waals surface area contributed by atoms with E-state index in [1.165, 1.54) is 21.9 Å². The molecule has 1 fully saturated rings. The van der Waals surface area contributed by atoms with E-state index in [0.29, 0.717) is 29.3 Å². The van der Waals surface area contributed by atoms with Gasteiger partial charge in [-0.2, -0.15) is 0 Å². The number of nitrogens with zero attached hydrogens (tertiary/aromatic N) is 6. The van der Waals surface area contributed by atoms with Gasteiger partial charge in [-0.3, -0.25) is 4.57 Å². The van der Waals surface area contributed by atoms with Crippen molar-refractivity contribution in [1.29, 1.82) is 0 Å². The van der Waals surface area contributed by atoms with Crippen molar-refractivity contribution in [3.05, 3.63) is 164 Å². The summed E-state index contributed by atoms with van der Waals surface area (Å²) < 4.78 is 4.61. The molecule has 2 aliphatic rings. The Morgan fingerprint density at radius 3 is 2.12 bits per heavy atom. The molecule has 0 bridgehead atoms. The van der Waals surface area contributed by atoms with Crippen LogP contribution in [-0.4, -0.2) is 29.5 Å². The Balaban J connectivity index is 0.911. The molecule has 0 N–H and O–H groups in total. The van der Waals surface area contributed by atoms with E-state index in [0.717, 1.165) is 70.3 Å². The summed E-state index contributed by atoms with van der Waals surface area (Å²) in [5.41, 5.74) is 10.6. The minimum absolute atomic E-state index is 0.596. The lowest BCUT2D eigenvalue weighted by Gasteiger charge is -2.10. The molecule has 4 aromatic heterocycles. The van der Waals surface area contributed by atoms with Gasteiger partial charge < -0.3 is 0 Å². The van der Waals surface area contributed by atoms with E-state index in [2.05, 4.69) is 138 Å². The summed E-state index contributed by atoms with van der Waals surface area (Å²) in [5.74, 6) is 3.31. The van der Waals surface area contributed by atoms with Crippen LogP contribution in [-0.2, 0) is 0 Å². The van der Waals surface area contributed by atoms with Crippen LogP contribution < -0.4 is 0 Å². The van der Waals surface area contributed by atoms with Crippen molar-refractivity contribution in [3.8, 4) is 49.6 Å². The number of aromatic nitrogens is 6. The number of fused-ring (bicyclic) bond motifs is 6. The van der Waals surface area contributed by atoms with Crippen LogP contribution in [0.4, 0.5) is 0 Å². The van der Waals surface area contributed by atoms with Gasteiger partial charge in [0.1, 0.15) is 5.01 Å². The topological polar surface area (TPSA) is 69.4 Å². The molecule has 6 aromatic carbocycles. The summed E-state index contributed by atoms with van der Waals surface area (Å²) in [6.45, 7) is 0. The summed E-state index contributed by atoms with van der Waals surface area (Å²) in [6, 6.07) is 49.0. The third kappa shape index (κ3) is 5.33. The third-order valence-electron chi connectivity index (χ3n) is 11.0. The number of hydrogen-bond donors (Lipinski definition) is 0. The number of benzene rings is 6. The standard InChI is InChI=1S/C48H30N6S2/c1-2-9-28(10-3-1)44-51-45(32-18-17-30-24-35(30)25-32)53-46(52-44)33-20-22-43-39(27-33)49-47(55-43)34-12-8-11-29(23-34)31-19-21-41-37(26-31)36-13-4-6-15-40(36)54(41)48-50-38-14-5-7-16-42(38)56-48/h1-23,25-27,30,35H,24H2/t30-,35?/m0/s1. The van der Waals surface area contributed by atoms with E-state index in [1.807, 2.05) is 24.3 Å². The second-order valence-electron chi connectivity index (χ2n) is 14.5. The first-order valence-electron chi connectivity index (χ1n) is 18.8. The van der Waals surface area contributed by atoms with Crippen LogP contribution in [0.2, 0.25) is 0 Å². The quantitative estimate of drug-likeness (QED) is 0.169. The summed E-state index contributed by atoms with van der Waals surface area (Å²) >= 11 is 3.43. The Hall–Kier alpha value is -6.61. The molecular formula is C48H30N6S2. The van der Waals surface area contributed by atoms with Crippen LogP contribution in [0.25, 0.3) is 97.4 Å². The number of hydrogen-bond acceptors (Lipinski definition) is 7. The molecule has 4 heterocycles. The maximum atomic E-state index is 5.17. The van der Waals surface area contributed by atoms with Crippen molar-refractivity contribution in [3.63, 3.8) is 0 Å². The Morgan fingerprint density at radius 1 is 0.482 bits per heavy atom. The van der Waals surface area contributed by atoms with Gasteiger partial charge in [0.2, 0.25) is 0 Å². The highest BCUT2D eigenvalue weighted by atomic mass is 32.1. The highest BCUT2D eigenvalue weighted by Crippen LogP contribution is 2.46. The minimum Gasteiger partial charge on any atom is -0.285 e. The fourth-order valence-electron chi connectivity index (χ4n) is 8.00. The van der Waals surface area contributed by atoms with E-state index in [1.54, 1.807) is 22.7 Å². The molecular weight excluding hydrogens is 725 g/mol. The molecule has 10 aromatic rings. The van der Waals surface area contributed by atoms with Crippen LogP contribution in [0.15, 0.2) is 158 Å². The number of rotatable bonds is 6. The van der Waals surface area contributed by atoms with Crippen molar-refractivity contribution in [1.82, 2.24) is 29.5 Å². The summed E-state index contributed by atoms with van der Waals surface area (Å²) in [6.07, 6.45) is 8.00. The number of allylic oxidation sites excluding steroid dienone is 4. The lowest BCUT2D eigenvalue weighted by molar-refractivity contribution is 0.970. The Bertz CT molecular complexity index is 3230. The van der Waals surface area contributed by atoms with E-state index in [9.17, 15) is 0 Å². The number of thiazole rings is 2. The van der Waals surface area contributed by atoms with Crippen LogP contribution in [0, 0.1) is 11.8 Å². The van der Waals surface area contributed by atoms with Gasteiger partial charge >= 0.3 is 0 Å². The van der Waals surface area contributed by atoms with E-state index in [-0.39, 0.29) is 0 Å². The predicted octanol–water partition coefficient (Wildman–Crippen LogP) is 12.4. The second kappa shape index (κ2) is 12.5. The lowest BCUT2D eigenvalue weighted by atomic mass is 10.0. The smallest absolute Gasteiger partial charge is 0.195 e. The molecule has 0 saturated heterocycles. The fraction of sp³-hybridized carbons (Fsp3) is 0.0625. The first kappa shape index (κ1) is 31.7. The lowest BCUT2D eigenvalue weighted by Crippen LogP contribution is -2.03. The third-order valence-corrected chi connectivity index (χ3v) is 13.1. The molecule has 1 unspecified atom stereocenters. The molecule has 12 rings (SSSR count). The largest absolute Gasteiger partial charge is 0.285 e. The predicted molar refractivity (Wildman–Crippen MR) is 231 cm³/mol. The molecule has 2 atom stereocenters. The average molecular weight is 755 g/mol. The Kier molecular flexibility index (Phi) is 7.06. The zero-order valence-corrected chi connectivity index (χ0v) is 31.5. The van der Waals surface area contributed by atoms with E-state index < -0.39 is 0 Å². The molecule has 0 spiro atoms. The molecule has 0 radical (unpaired) electrons. The van der Waals surface area contributed by atoms with Crippen molar-refractivity contribution in [2.45, 2.75) is 6.42 Å². The van der Waals surface area contributed by atoms with Gasteiger partial charge in [0.15, 0.2) is 22.6 Å². The zero-order valence-electron chi connectivity index (χ0n) is 29.9. The first-order valence-corrected chi connectivity index (χ1v) is 20.4. The van der Waals surface area contributed by atoms with Crippen LogP contribution in [0.5, 0.6) is 0 Å². The second-order valence-corrected chi connectivity index (χ2v) is 16.6. The van der Waals surface area contributed by atoms with E-state index in [4.69, 9.17) is 24.9 Å². The molecule has 0 aliphatic heterocycles. The summed E-state index contributed by atoms with van der Waals surface area (Å²) in [7, 11) is 0. The van der Waals surface area contributed by atoms with Gasteiger partial charge in [-0.15, -0.1) is 11.3 Å². The molecule has 8 heteroatoms. The molecule has 56 heavy (non-hydrogen) atoms. The Morgan fingerprint density at radius 2 is 1.21 bits per heavy atom. The maximum absolute atomic E-state index is 5.17. The van der Waals surface area contributed by atoms with Gasteiger partial charge in [0.25, 0.3) is 0 Å². The van der Waals surface area contributed by atoms with Gasteiger partial charge in [-0.1, -0.05) is 114 Å². The van der Waals surface area contributed by atoms with Gasteiger partial charge in [-0.25, -0.2) is 24.9 Å². The molecule has 6 nitrogen and oxygen atoms in total. The molecule has 0 amide bonds. The van der Waals surface area contributed by atoms with Crippen LogP contribution >= 0.6 is 22.7 Å². The van der Waals surface area contributed by atoms with Gasteiger partial charge in [-0.05, 0) is 84.0 Å². The molecule has 1 saturated carbocycles. The first-order chi connectivity index (χ1) is 27.7. The SMILES string of the molecule is C1=C[C@H]2CC2C=C1c1nc(-c2ccccc2)nc(-c2ccc3sc(-c4cccc(-c5ccc6c(c5)c5ccccc5n6-c5nc6ccccc6s5)c4)nc3c2)n1. The van der Waals surface area contributed by atoms with Crippen molar-refractivity contribution in [2.24, 2.45) is 11.8 Å². The monoisotopic (exact) mass is 754 g/mol.